The molecule has 2 nitrogen and oxygen atoms in total. The average Bonchev–Trinajstić information content (AvgIpc) is 2.50. The van der Waals surface area contributed by atoms with Crippen LogP contribution in [-0.2, 0) is 0 Å². The fraction of sp³-hybridized carbons (Fsp3) is 0.167. The number of hydrogen-bond donors (Lipinski definition) is 1. The third kappa shape index (κ3) is 2.93. The number of pyridine rings is 1. The molecule has 0 aliphatic heterocycles. The molecule has 3 aromatic rings. The molecule has 0 spiro atoms. The second-order valence-electron chi connectivity index (χ2n) is 5.25. The maximum atomic E-state index is 4.49. The van der Waals surface area contributed by atoms with Gasteiger partial charge in [-0.15, -0.1) is 0 Å². The predicted molar refractivity (Wildman–Crippen MR) is 92.7 cm³/mol. The van der Waals surface area contributed by atoms with Gasteiger partial charge in [0.25, 0.3) is 0 Å². The number of benzene rings is 2. The van der Waals surface area contributed by atoms with Crippen molar-refractivity contribution in [3.05, 3.63) is 70.3 Å². The first kappa shape index (κ1) is 14.1. The van der Waals surface area contributed by atoms with Crippen LogP contribution >= 0.6 is 15.9 Å². The van der Waals surface area contributed by atoms with Crippen LogP contribution in [0.4, 0.5) is 5.69 Å². The highest BCUT2D eigenvalue weighted by Gasteiger charge is 2.09. The summed E-state index contributed by atoms with van der Waals surface area (Å²) in [5.74, 6) is 0. The Morgan fingerprint density at radius 1 is 1.10 bits per heavy atom. The molecule has 0 aliphatic carbocycles. The number of aromatic nitrogens is 1. The predicted octanol–water partition coefficient (Wildman–Crippen LogP) is 5.48. The number of fused-ring (bicyclic) bond motifs is 1. The van der Waals surface area contributed by atoms with Gasteiger partial charge < -0.3 is 5.32 Å². The van der Waals surface area contributed by atoms with E-state index in [9.17, 15) is 0 Å². The molecule has 0 fully saturated rings. The summed E-state index contributed by atoms with van der Waals surface area (Å²) in [4.78, 5) is 4.49. The number of nitrogens with zero attached hydrogens (tertiary/aromatic N) is 1. The summed E-state index contributed by atoms with van der Waals surface area (Å²) in [7, 11) is 0. The summed E-state index contributed by atoms with van der Waals surface area (Å²) in [6.45, 7) is 4.26. The highest BCUT2D eigenvalue weighted by molar-refractivity contribution is 9.10. The van der Waals surface area contributed by atoms with Crippen LogP contribution in [0.5, 0.6) is 0 Å². The van der Waals surface area contributed by atoms with Crippen molar-refractivity contribution in [2.45, 2.75) is 19.9 Å². The molecule has 21 heavy (non-hydrogen) atoms. The van der Waals surface area contributed by atoms with Crippen LogP contribution < -0.4 is 5.32 Å². The number of halogens is 1. The van der Waals surface area contributed by atoms with E-state index in [0.717, 1.165) is 15.7 Å². The molecule has 0 bridgehead atoms. The van der Waals surface area contributed by atoms with Crippen LogP contribution in [0.3, 0.4) is 0 Å². The van der Waals surface area contributed by atoms with Crippen molar-refractivity contribution in [3.8, 4) is 0 Å². The van der Waals surface area contributed by atoms with E-state index < -0.39 is 0 Å². The zero-order valence-electron chi connectivity index (χ0n) is 12.1. The Morgan fingerprint density at radius 3 is 2.76 bits per heavy atom. The first-order chi connectivity index (χ1) is 10.1. The molecule has 1 N–H and O–H groups in total. The molecule has 1 heterocycles. The maximum absolute atomic E-state index is 4.49. The van der Waals surface area contributed by atoms with Crippen LogP contribution in [0.25, 0.3) is 10.9 Å². The molecular formula is C18H17BrN2. The van der Waals surface area contributed by atoms with Crippen LogP contribution in [0, 0.1) is 6.92 Å². The van der Waals surface area contributed by atoms with E-state index in [4.69, 9.17) is 0 Å². The van der Waals surface area contributed by atoms with Crippen LogP contribution in [0.2, 0.25) is 0 Å². The van der Waals surface area contributed by atoms with Crippen molar-refractivity contribution < 1.29 is 0 Å². The highest BCUT2D eigenvalue weighted by Crippen LogP contribution is 2.28. The summed E-state index contributed by atoms with van der Waals surface area (Å²) in [6, 6.07) is 17.0. The van der Waals surface area contributed by atoms with Gasteiger partial charge in [0.2, 0.25) is 0 Å². The number of aryl methyl sites for hydroxylation is 1. The van der Waals surface area contributed by atoms with E-state index in [1.54, 1.807) is 0 Å². The molecule has 0 amide bonds. The van der Waals surface area contributed by atoms with Crippen molar-refractivity contribution in [2.75, 3.05) is 5.32 Å². The van der Waals surface area contributed by atoms with Gasteiger partial charge in [-0.05, 0) is 55.3 Å². The lowest BCUT2D eigenvalue weighted by Gasteiger charge is -2.18. The molecule has 2 aromatic carbocycles. The normalized spacial score (nSPS) is 12.3. The van der Waals surface area contributed by atoms with Gasteiger partial charge in [-0.1, -0.05) is 34.1 Å². The third-order valence-electron chi connectivity index (χ3n) is 3.69. The van der Waals surface area contributed by atoms with E-state index in [1.165, 1.54) is 16.5 Å². The molecular weight excluding hydrogens is 324 g/mol. The van der Waals surface area contributed by atoms with E-state index in [2.05, 4.69) is 76.5 Å². The quantitative estimate of drug-likeness (QED) is 0.682. The molecule has 0 aliphatic rings. The fourth-order valence-electron chi connectivity index (χ4n) is 2.53. The van der Waals surface area contributed by atoms with Gasteiger partial charge >= 0.3 is 0 Å². The maximum Gasteiger partial charge on any atom is 0.0751 e. The van der Waals surface area contributed by atoms with E-state index in [-0.39, 0.29) is 6.04 Å². The van der Waals surface area contributed by atoms with Gasteiger partial charge in [-0.2, -0.15) is 0 Å². The smallest absolute Gasteiger partial charge is 0.0751 e. The molecule has 0 saturated heterocycles. The molecule has 106 valence electrons. The zero-order chi connectivity index (χ0) is 14.8. The van der Waals surface area contributed by atoms with Crippen LogP contribution in [0.15, 0.2) is 59.2 Å². The van der Waals surface area contributed by atoms with Crippen molar-refractivity contribution in [1.82, 2.24) is 4.98 Å². The van der Waals surface area contributed by atoms with Gasteiger partial charge in [0, 0.05) is 27.8 Å². The minimum absolute atomic E-state index is 0.230. The lowest BCUT2D eigenvalue weighted by molar-refractivity contribution is 0.885. The fourth-order valence-corrected chi connectivity index (χ4v) is 2.95. The summed E-state index contributed by atoms with van der Waals surface area (Å²) < 4.78 is 1.10. The Morgan fingerprint density at radius 2 is 1.95 bits per heavy atom. The van der Waals surface area contributed by atoms with Gasteiger partial charge in [0.1, 0.15) is 0 Å². The van der Waals surface area contributed by atoms with Crippen LogP contribution in [-0.4, -0.2) is 4.98 Å². The Hall–Kier alpha value is -1.87. The summed E-state index contributed by atoms with van der Waals surface area (Å²) >= 11 is 3.53. The highest BCUT2D eigenvalue weighted by atomic mass is 79.9. The number of rotatable bonds is 3. The van der Waals surface area contributed by atoms with Crippen molar-refractivity contribution >= 4 is 32.5 Å². The average molecular weight is 341 g/mol. The summed E-state index contributed by atoms with van der Waals surface area (Å²) in [5, 5.41) is 4.76. The van der Waals surface area contributed by atoms with Gasteiger partial charge in [0.05, 0.1) is 5.52 Å². The Bertz CT molecular complexity index is 783. The number of anilines is 1. The molecule has 0 saturated carbocycles. The monoisotopic (exact) mass is 340 g/mol. The lowest BCUT2D eigenvalue weighted by atomic mass is 10.1. The van der Waals surface area contributed by atoms with Crippen molar-refractivity contribution in [3.63, 3.8) is 0 Å². The van der Waals surface area contributed by atoms with E-state index >= 15 is 0 Å². The molecule has 3 heteroatoms. The molecule has 1 unspecified atom stereocenters. The van der Waals surface area contributed by atoms with Crippen molar-refractivity contribution in [1.29, 1.82) is 0 Å². The third-order valence-corrected chi connectivity index (χ3v) is 4.19. The molecule has 1 atom stereocenters. The second kappa shape index (κ2) is 5.86. The second-order valence-corrected chi connectivity index (χ2v) is 6.17. The van der Waals surface area contributed by atoms with E-state index in [1.807, 2.05) is 18.3 Å². The standard InChI is InChI=1S/C18H17BrN2/c1-12-8-9-17(16-7-4-10-20-18(12)16)21-13(2)14-5-3-6-15(19)11-14/h3-11,13,21H,1-2H3. The lowest BCUT2D eigenvalue weighted by Crippen LogP contribution is -2.07. The first-order valence-corrected chi connectivity index (χ1v) is 7.81. The largest absolute Gasteiger partial charge is 0.378 e. The van der Waals surface area contributed by atoms with E-state index in [0.29, 0.717) is 0 Å². The Kier molecular flexibility index (Phi) is 3.93. The first-order valence-electron chi connectivity index (χ1n) is 7.01. The zero-order valence-corrected chi connectivity index (χ0v) is 13.7. The SMILES string of the molecule is Cc1ccc(NC(C)c2cccc(Br)c2)c2cccnc12. The molecule has 0 radical (unpaired) electrons. The molecule has 1 aromatic heterocycles. The van der Waals surface area contributed by atoms with Gasteiger partial charge in [0.15, 0.2) is 0 Å². The summed E-state index contributed by atoms with van der Waals surface area (Å²) in [6.07, 6.45) is 1.84. The molecule has 3 rings (SSSR count). The number of hydrogen-bond acceptors (Lipinski definition) is 2. The Balaban J connectivity index is 1.97. The van der Waals surface area contributed by atoms with Gasteiger partial charge in [-0.25, -0.2) is 0 Å². The minimum atomic E-state index is 0.230. The van der Waals surface area contributed by atoms with Crippen molar-refractivity contribution in [2.24, 2.45) is 0 Å². The summed E-state index contributed by atoms with van der Waals surface area (Å²) in [5.41, 5.74) is 4.63. The topological polar surface area (TPSA) is 24.9 Å². The minimum Gasteiger partial charge on any atom is -0.378 e. The number of nitrogens with one attached hydrogen (secondary N) is 1. The van der Waals surface area contributed by atoms with Gasteiger partial charge in [-0.3, -0.25) is 4.98 Å². The Labute approximate surface area is 133 Å². The van der Waals surface area contributed by atoms with Crippen LogP contribution in [0.1, 0.15) is 24.1 Å².